The highest BCUT2D eigenvalue weighted by atomic mass is 35.5. The van der Waals surface area contributed by atoms with Gasteiger partial charge in [-0.1, -0.05) is 34.1 Å². The molecule has 1 aromatic heterocycles. The fourth-order valence-corrected chi connectivity index (χ4v) is 4.33. The van der Waals surface area contributed by atoms with Crippen molar-refractivity contribution in [2.24, 2.45) is 17.3 Å². The molecule has 3 atom stereocenters. The lowest BCUT2D eigenvalue weighted by molar-refractivity contribution is 0.138. The molecule has 0 radical (unpaired) electrons. The Hall–Kier alpha value is -0.570. The summed E-state index contributed by atoms with van der Waals surface area (Å²) in [5.41, 5.74) is 0.186. The highest BCUT2D eigenvalue weighted by Crippen LogP contribution is 2.44. The van der Waals surface area contributed by atoms with Gasteiger partial charge in [0.2, 0.25) is 0 Å². The molecule has 0 saturated heterocycles. The average Bonchev–Trinajstić information content (AvgIpc) is 2.76. The van der Waals surface area contributed by atoms with E-state index >= 15 is 0 Å². The third-order valence-corrected chi connectivity index (χ3v) is 5.27. The monoisotopic (exact) mass is 297 g/mol. The van der Waals surface area contributed by atoms with Gasteiger partial charge in [-0.2, -0.15) is 5.10 Å². The quantitative estimate of drug-likeness (QED) is 0.759. The van der Waals surface area contributed by atoms with Gasteiger partial charge in [-0.3, -0.25) is 4.68 Å². The first kappa shape index (κ1) is 15.8. The van der Waals surface area contributed by atoms with Crippen molar-refractivity contribution in [3.8, 4) is 0 Å². The summed E-state index contributed by atoms with van der Waals surface area (Å²) in [7, 11) is 0. The van der Waals surface area contributed by atoms with Crippen LogP contribution in [-0.4, -0.2) is 20.1 Å². The predicted octanol–water partition coefficient (Wildman–Crippen LogP) is 4.30. The molecule has 1 aliphatic carbocycles. The van der Waals surface area contributed by atoms with Crippen LogP contribution in [0.25, 0.3) is 0 Å². The zero-order chi connectivity index (χ0) is 14.8. The molecule has 1 saturated carbocycles. The maximum Gasteiger partial charge on any atom is 0.138 e. The lowest BCUT2D eigenvalue weighted by Crippen LogP contribution is -2.37. The maximum absolute atomic E-state index is 6.66. The van der Waals surface area contributed by atoms with Crippen molar-refractivity contribution < 1.29 is 0 Å². The molecule has 3 nitrogen and oxygen atoms in total. The lowest BCUT2D eigenvalue weighted by atomic mass is 9.67. The molecule has 20 heavy (non-hydrogen) atoms. The molecule has 1 aliphatic rings. The molecule has 2 rings (SSSR count). The van der Waals surface area contributed by atoms with Crippen LogP contribution >= 0.6 is 11.6 Å². The van der Waals surface area contributed by atoms with Gasteiger partial charge in [0.1, 0.15) is 12.2 Å². The second kappa shape index (κ2) is 6.46. The first-order valence-corrected chi connectivity index (χ1v) is 8.38. The molecule has 1 fully saturated rings. The van der Waals surface area contributed by atoms with Crippen molar-refractivity contribution in [1.82, 2.24) is 14.8 Å². The first-order valence-electron chi connectivity index (χ1n) is 7.94. The molecule has 0 aliphatic heterocycles. The number of aromatic nitrogens is 3. The minimum absolute atomic E-state index is 0.186. The highest BCUT2D eigenvalue weighted by Gasteiger charge is 2.38. The Morgan fingerprint density at radius 1 is 1.40 bits per heavy atom. The van der Waals surface area contributed by atoms with Gasteiger partial charge in [-0.05, 0) is 36.5 Å². The van der Waals surface area contributed by atoms with Crippen molar-refractivity contribution in [3.63, 3.8) is 0 Å². The first-order chi connectivity index (χ1) is 9.44. The molecule has 1 aromatic rings. The van der Waals surface area contributed by atoms with E-state index in [1.165, 1.54) is 12.8 Å². The molecule has 0 aromatic carbocycles. The smallest absolute Gasteiger partial charge is 0.138 e. The summed E-state index contributed by atoms with van der Waals surface area (Å²) in [4.78, 5) is 4.46. The van der Waals surface area contributed by atoms with Crippen LogP contribution in [0.4, 0.5) is 0 Å². The molecule has 0 bridgehead atoms. The van der Waals surface area contributed by atoms with E-state index in [9.17, 15) is 0 Å². The molecule has 3 unspecified atom stereocenters. The van der Waals surface area contributed by atoms with Gasteiger partial charge in [-0.25, -0.2) is 4.98 Å². The summed E-state index contributed by atoms with van der Waals surface area (Å²) in [6.07, 6.45) is 7.44. The molecule has 0 amide bonds. The van der Waals surface area contributed by atoms with Crippen molar-refractivity contribution >= 4 is 11.6 Å². The molecular formula is C16H28ClN3. The summed E-state index contributed by atoms with van der Waals surface area (Å²) in [6.45, 7) is 10.1. The van der Waals surface area contributed by atoms with Crippen LogP contribution in [0.1, 0.15) is 59.2 Å². The van der Waals surface area contributed by atoms with Crippen LogP contribution in [0.15, 0.2) is 6.33 Å². The van der Waals surface area contributed by atoms with E-state index in [1.54, 1.807) is 6.33 Å². The summed E-state index contributed by atoms with van der Waals surface area (Å²) < 4.78 is 2.05. The highest BCUT2D eigenvalue weighted by molar-refractivity contribution is 6.20. The van der Waals surface area contributed by atoms with E-state index in [0.29, 0.717) is 11.3 Å². The van der Waals surface area contributed by atoms with Crippen molar-refractivity contribution in [2.45, 2.75) is 71.7 Å². The summed E-state index contributed by atoms with van der Waals surface area (Å²) >= 11 is 6.66. The predicted molar refractivity (Wildman–Crippen MR) is 83.9 cm³/mol. The third-order valence-electron chi connectivity index (χ3n) is 4.78. The average molecular weight is 298 g/mol. The van der Waals surface area contributed by atoms with Gasteiger partial charge in [0, 0.05) is 18.3 Å². The Morgan fingerprint density at radius 2 is 2.15 bits per heavy atom. The topological polar surface area (TPSA) is 30.7 Å². The molecular weight excluding hydrogens is 270 g/mol. The Labute approximate surface area is 128 Å². The van der Waals surface area contributed by atoms with Gasteiger partial charge in [-0.15, -0.1) is 11.6 Å². The number of hydrogen-bond acceptors (Lipinski definition) is 2. The number of hydrogen-bond donors (Lipinski definition) is 0. The summed E-state index contributed by atoms with van der Waals surface area (Å²) in [5.74, 6) is 2.46. The van der Waals surface area contributed by atoms with Crippen molar-refractivity contribution in [1.29, 1.82) is 0 Å². The second-order valence-electron chi connectivity index (χ2n) is 7.11. The van der Waals surface area contributed by atoms with E-state index in [-0.39, 0.29) is 5.41 Å². The van der Waals surface area contributed by atoms with E-state index in [0.717, 1.165) is 37.5 Å². The molecule has 4 heteroatoms. The standard InChI is InChI=1S/C16H28ClN3/c1-5-8-20-15(18-11-19-20)10-16(3,4)13-7-6-12(2)9-14(13)17/h11-14H,5-10H2,1-4H3. The van der Waals surface area contributed by atoms with Crippen LogP contribution in [0.3, 0.4) is 0 Å². The van der Waals surface area contributed by atoms with Gasteiger partial charge < -0.3 is 0 Å². The zero-order valence-electron chi connectivity index (χ0n) is 13.3. The van der Waals surface area contributed by atoms with Crippen LogP contribution in [-0.2, 0) is 13.0 Å². The zero-order valence-corrected chi connectivity index (χ0v) is 14.0. The van der Waals surface area contributed by atoms with E-state index in [4.69, 9.17) is 11.6 Å². The Morgan fingerprint density at radius 3 is 2.80 bits per heavy atom. The maximum atomic E-state index is 6.66. The lowest BCUT2D eigenvalue weighted by Gasteiger charge is -2.41. The largest absolute Gasteiger partial charge is 0.250 e. The number of halogens is 1. The summed E-state index contributed by atoms with van der Waals surface area (Å²) in [6, 6.07) is 0. The van der Waals surface area contributed by atoms with Crippen LogP contribution < -0.4 is 0 Å². The normalized spacial score (nSPS) is 27.8. The van der Waals surface area contributed by atoms with E-state index in [1.807, 2.05) is 0 Å². The Kier molecular flexibility index (Phi) is 5.11. The van der Waals surface area contributed by atoms with Crippen molar-refractivity contribution in [2.75, 3.05) is 0 Å². The minimum atomic E-state index is 0.186. The fraction of sp³-hybridized carbons (Fsp3) is 0.875. The van der Waals surface area contributed by atoms with Gasteiger partial charge in [0.05, 0.1) is 0 Å². The molecule has 0 N–H and O–H groups in total. The Balaban J connectivity index is 2.08. The van der Waals surface area contributed by atoms with Gasteiger partial charge >= 0.3 is 0 Å². The SMILES string of the molecule is CCCn1ncnc1CC(C)(C)C1CCC(C)CC1Cl. The number of alkyl halides is 1. The minimum Gasteiger partial charge on any atom is -0.250 e. The summed E-state index contributed by atoms with van der Waals surface area (Å²) in [5, 5.41) is 4.64. The van der Waals surface area contributed by atoms with E-state index < -0.39 is 0 Å². The number of aryl methyl sites for hydroxylation is 1. The molecule has 114 valence electrons. The van der Waals surface area contributed by atoms with Crippen LogP contribution in [0, 0.1) is 17.3 Å². The van der Waals surface area contributed by atoms with Crippen LogP contribution in [0.5, 0.6) is 0 Å². The second-order valence-corrected chi connectivity index (χ2v) is 7.67. The van der Waals surface area contributed by atoms with Gasteiger partial charge in [0.15, 0.2) is 0 Å². The van der Waals surface area contributed by atoms with Gasteiger partial charge in [0.25, 0.3) is 0 Å². The van der Waals surface area contributed by atoms with Crippen molar-refractivity contribution in [3.05, 3.63) is 12.2 Å². The van der Waals surface area contributed by atoms with Crippen LogP contribution in [0.2, 0.25) is 0 Å². The number of rotatable bonds is 5. The molecule has 0 spiro atoms. The Bertz CT molecular complexity index is 427. The van der Waals surface area contributed by atoms with E-state index in [2.05, 4.69) is 42.5 Å². The number of nitrogens with zero attached hydrogens (tertiary/aromatic N) is 3. The molecule has 1 heterocycles. The third kappa shape index (κ3) is 3.55. The fourth-order valence-electron chi connectivity index (χ4n) is 3.55.